The van der Waals surface area contributed by atoms with Gasteiger partial charge >= 0.3 is 0 Å². The summed E-state index contributed by atoms with van der Waals surface area (Å²) in [6.45, 7) is -0.446. The summed E-state index contributed by atoms with van der Waals surface area (Å²) in [6.07, 6.45) is 0. The van der Waals surface area contributed by atoms with Crippen LogP contribution in [0.1, 0.15) is 0 Å². The number of rotatable bonds is 7. The van der Waals surface area contributed by atoms with Crippen LogP contribution in [0.2, 0.25) is 5.02 Å². The maximum atomic E-state index is 13.2. The van der Waals surface area contributed by atoms with E-state index in [-0.39, 0.29) is 15.6 Å². The molecular weight excluding hydrogens is 412 g/mol. The van der Waals surface area contributed by atoms with Crippen LogP contribution in [0.25, 0.3) is 0 Å². The standard InChI is InChI=1S/C21H19ClN2O4S/c1-28-17-9-7-8-16(14-17)23-21(25)15-24(20-13-6-5-12-19(20)22)29(26,27)18-10-3-2-4-11-18/h2-14H,15H2,1H3,(H,23,25). The molecule has 3 aromatic rings. The Morgan fingerprint density at radius 3 is 2.38 bits per heavy atom. The number of para-hydroxylation sites is 1. The zero-order chi connectivity index (χ0) is 20.9. The molecule has 0 radical (unpaired) electrons. The lowest BCUT2D eigenvalue weighted by Gasteiger charge is -2.25. The molecule has 1 amide bonds. The Morgan fingerprint density at radius 2 is 1.69 bits per heavy atom. The second-order valence-electron chi connectivity index (χ2n) is 6.06. The molecule has 3 rings (SSSR count). The SMILES string of the molecule is COc1cccc(NC(=O)CN(c2ccccc2Cl)S(=O)(=O)c2ccccc2)c1. The molecular formula is C21H19ClN2O4S. The maximum Gasteiger partial charge on any atom is 0.264 e. The fraction of sp³-hybridized carbons (Fsp3) is 0.0952. The third kappa shape index (κ3) is 4.88. The van der Waals surface area contributed by atoms with Gasteiger partial charge in [0.2, 0.25) is 5.91 Å². The minimum absolute atomic E-state index is 0.0640. The van der Waals surface area contributed by atoms with Crippen LogP contribution in [0.5, 0.6) is 5.75 Å². The van der Waals surface area contributed by atoms with Crippen LogP contribution in [0.15, 0.2) is 83.8 Å². The van der Waals surface area contributed by atoms with Crippen LogP contribution in [-0.2, 0) is 14.8 Å². The fourth-order valence-corrected chi connectivity index (χ4v) is 4.45. The number of carbonyl (C=O) groups excluding carboxylic acids is 1. The van der Waals surface area contributed by atoms with E-state index in [1.165, 1.54) is 19.2 Å². The molecule has 0 bridgehead atoms. The minimum atomic E-state index is -4.01. The van der Waals surface area contributed by atoms with Gasteiger partial charge in [0.05, 0.1) is 22.7 Å². The summed E-state index contributed by atoms with van der Waals surface area (Å²) in [5.74, 6) is 0.0559. The minimum Gasteiger partial charge on any atom is -0.497 e. The third-order valence-corrected chi connectivity index (χ3v) is 6.19. The number of nitrogens with one attached hydrogen (secondary N) is 1. The number of halogens is 1. The van der Waals surface area contributed by atoms with E-state index < -0.39 is 22.5 Å². The summed E-state index contributed by atoms with van der Waals surface area (Å²) in [4.78, 5) is 12.7. The van der Waals surface area contributed by atoms with Crippen LogP contribution < -0.4 is 14.4 Å². The Labute approximate surface area is 174 Å². The van der Waals surface area contributed by atoms with Crippen molar-refractivity contribution in [2.75, 3.05) is 23.3 Å². The van der Waals surface area contributed by atoms with E-state index in [0.717, 1.165) is 4.31 Å². The van der Waals surface area contributed by atoms with Crippen LogP contribution in [0.3, 0.4) is 0 Å². The molecule has 0 heterocycles. The molecule has 0 saturated heterocycles. The lowest BCUT2D eigenvalue weighted by molar-refractivity contribution is -0.114. The number of anilines is 2. The molecule has 0 fully saturated rings. The first-order valence-electron chi connectivity index (χ1n) is 8.68. The Kier molecular flexibility index (Phi) is 6.41. The molecule has 29 heavy (non-hydrogen) atoms. The van der Waals surface area contributed by atoms with Crippen molar-refractivity contribution in [3.05, 3.63) is 83.9 Å². The van der Waals surface area contributed by atoms with Crippen molar-refractivity contribution in [3.63, 3.8) is 0 Å². The summed E-state index contributed by atoms with van der Waals surface area (Å²) in [5.41, 5.74) is 0.712. The molecule has 150 valence electrons. The van der Waals surface area contributed by atoms with Crippen LogP contribution in [0.4, 0.5) is 11.4 Å². The van der Waals surface area contributed by atoms with E-state index in [2.05, 4.69) is 5.32 Å². The van der Waals surface area contributed by atoms with Gasteiger partial charge < -0.3 is 10.1 Å². The van der Waals surface area contributed by atoms with Crippen LogP contribution in [-0.4, -0.2) is 28.0 Å². The first-order valence-corrected chi connectivity index (χ1v) is 10.5. The molecule has 0 aliphatic rings. The normalized spacial score (nSPS) is 11.0. The number of hydrogen-bond acceptors (Lipinski definition) is 4. The smallest absolute Gasteiger partial charge is 0.264 e. The van der Waals surface area contributed by atoms with E-state index >= 15 is 0 Å². The predicted molar refractivity (Wildman–Crippen MR) is 114 cm³/mol. The number of nitrogens with zero attached hydrogens (tertiary/aromatic N) is 1. The van der Waals surface area contributed by atoms with Gasteiger partial charge in [-0.25, -0.2) is 8.42 Å². The van der Waals surface area contributed by atoms with Gasteiger partial charge in [-0.2, -0.15) is 0 Å². The molecule has 0 aliphatic carbocycles. The van der Waals surface area contributed by atoms with E-state index in [1.807, 2.05) is 0 Å². The van der Waals surface area contributed by atoms with E-state index in [9.17, 15) is 13.2 Å². The molecule has 0 aromatic heterocycles. The molecule has 0 aliphatic heterocycles. The van der Waals surface area contributed by atoms with Crippen LogP contribution >= 0.6 is 11.6 Å². The van der Waals surface area contributed by atoms with Gasteiger partial charge in [0.15, 0.2) is 0 Å². The zero-order valence-electron chi connectivity index (χ0n) is 15.6. The van der Waals surface area contributed by atoms with Crippen molar-refractivity contribution in [2.24, 2.45) is 0 Å². The van der Waals surface area contributed by atoms with E-state index in [0.29, 0.717) is 11.4 Å². The number of hydrogen-bond donors (Lipinski definition) is 1. The number of ether oxygens (including phenoxy) is 1. The summed E-state index contributed by atoms with van der Waals surface area (Å²) < 4.78 is 32.6. The number of sulfonamides is 1. The maximum absolute atomic E-state index is 13.2. The summed E-state index contributed by atoms with van der Waals surface area (Å²) in [6, 6.07) is 21.2. The zero-order valence-corrected chi connectivity index (χ0v) is 17.2. The summed E-state index contributed by atoms with van der Waals surface area (Å²) >= 11 is 6.24. The molecule has 0 spiro atoms. The Hall–Kier alpha value is -3.03. The quantitative estimate of drug-likeness (QED) is 0.610. The van der Waals surface area contributed by atoms with Gasteiger partial charge in [0, 0.05) is 11.8 Å². The molecule has 0 unspecified atom stereocenters. The van der Waals surface area contributed by atoms with Crippen molar-refractivity contribution in [2.45, 2.75) is 4.90 Å². The molecule has 3 aromatic carbocycles. The fourth-order valence-electron chi connectivity index (χ4n) is 2.71. The van der Waals surface area contributed by atoms with Gasteiger partial charge in [0.1, 0.15) is 12.3 Å². The molecule has 0 atom stereocenters. The Morgan fingerprint density at radius 1 is 1.00 bits per heavy atom. The van der Waals surface area contributed by atoms with Crippen molar-refractivity contribution >= 4 is 38.9 Å². The second-order valence-corrected chi connectivity index (χ2v) is 8.33. The van der Waals surface area contributed by atoms with Crippen molar-refractivity contribution in [3.8, 4) is 5.75 Å². The lowest BCUT2D eigenvalue weighted by Crippen LogP contribution is -2.38. The first-order chi connectivity index (χ1) is 13.9. The van der Waals surface area contributed by atoms with Gasteiger partial charge in [-0.05, 0) is 36.4 Å². The average molecular weight is 431 g/mol. The topological polar surface area (TPSA) is 75.7 Å². The van der Waals surface area contributed by atoms with Crippen molar-refractivity contribution in [1.82, 2.24) is 0 Å². The van der Waals surface area contributed by atoms with E-state index in [1.54, 1.807) is 66.7 Å². The highest BCUT2D eigenvalue weighted by atomic mass is 35.5. The Balaban J connectivity index is 1.94. The van der Waals surface area contributed by atoms with Crippen molar-refractivity contribution in [1.29, 1.82) is 0 Å². The number of carbonyl (C=O) groups is 1. The molecule has 1 N–H and O–H groups in total. The molecule has 8 heteroatoms. The highest BCUT2D eigenvalue weighted by Crippen LogP contribution is 2.30. The van der Waals surface area contributed by atoms with Gasteiger partial charge in [-0.15, -0.1) is 0 Å². The van der Waals surface area contributed by atoms with Crippen LogP contribution in [0, 0.1) is 0 Å². The van der Waals surface area contributed by atoms with Crippen molar-refractivity contribution < 1.29 is 17.9 Å². The monoisotopic (exact) mass is 430 g/mol. The van der Waals surface area contributed by atoms with Gasteiger partial charge in [-0.1, -0.05) is 48.0 Å². The summed E-state index contributed by atoms with van der Waals surface area (Å²) in [7, 11) is -2.49. The third-order valence-electron chi connectivity index (χ3n) is 4.09. The summed E-state index contributed by atoms with van der Waals surface area (Å²) in [5, 5.41) is 2.92. The number of benzene rings is 3. The Bertz CT molecular complexity index is 1100. The molecule has 0 saturated carbocycles. The number of amides is 1. The first kappa shape index (κ1) is 20.7. The largest absolute Gasteiger partial charge is 0.497 e. The number of methoxy groups -OCH3 is 1. The highest BCUT2D eigenvalue weighted by Gasteiger charge is 2.28. The average Bonchev–Trinajstić information content (AvgIpc) is 2.73. The van der Waals surface area contributed by atoms with E-state index in [4.69, 9.17) is 16.3 Å². The predicted octanol–water partition coefficient (Wildman–Crippen LogP) is 4.18. The molecule has 6 nitrogen and oxygen atoms in total. The second kappa shape index (κ2) is 8.98. The lowest BCUT2D eigenvalue weighted by atomic mass is 10.3. The van der Waals surface area contributed by atoms with Gasteiger partial charge in [-0.3, -0.25) is 9.10 Å². The highest BCUT2D eigenvalue weighted by molar-refractivity contribution is 7.92. The van der Waals surface area contributed by atoms with Gasteiger partial charge in [0.25, 0.3) is 10.0 Å².